The van der Waals surface area contributed by atoms with Crippen LogP contribution in [0.25, 0.3) is 0 Å². The van der Waals surface area contributed by atoms with E-state index in [4.69, 9.17) is 5.73 Å². The standard InChI is InChI=1S/C13H20N2O/c1-3-5-12(14)9-15-13(16)11-7-4-6-10(2)8-11/h4,6-8,12H,3,5,9,14H2,1-2H3,(H,15,16). The minimum Gasteiger partial charge on any atom is -0.350 e. The summed E-state index contributed by atoms with van der Waals surface area (Å²) in [6.45, 7) is 4.60. The fourth-order valence-electron chi connectivity index (χ4n) is 1.59. The largest absolute Gasteiger partial charge is 0.350 e. The van der Waals surface area contributed by atoms with Crippen LogP contribution in [-0.4, -0.2) is 18.5 Å². The number of hydrogen-bond donors (Lipinski definition) is 2. The maximum atomic E-state index is 11.7. The molecule has 1 rings (SSSR count). The van der Waals surface area contributed by atoms with E-state index >= 15 is 0 Å². The number of carbonyl (C=O) groups is 1. The quantitative estimate of drug-likeness (QED) is 0.795. The average molecular weight is 220 g/mol. The van der Waals surface area contributed by atoms with Gasteiger partial charge >= 0.3 is 0 Å². The van der Waals surface area contributed by atoms with E-state index in [2.05, 4.69) is 12.2 Å². The van der Waals surface area contributed by atoms with E-state index in [1.807, 2.05) is 31.2 Å². The molecule has 3 heteroatoms. The van der Waals surface area contributed by atoms with Gasteiger partial charge in [-0.3, -0.25) is 4.79 Å². The molecule has 0 bridgehead atoms. The molecule has 1 atom stereocenters. The zero-order chi connectivity index (χ0) is 12.0. The first-order valence-electron chi connectivity index (χ1n) is 5.74. The molecule has 1 unspecified atom stereocenters. The van der Waals surface area contributed by atoms with Crippen LogP contribution in [0, 0.1) is 6.92 Å². The number of aryl methyl sites for hydroxylation is 1. The van der Waals surface area contributed by atoms with Crippen LogP contribution in [0.1, 0.15) is 35.7 Å². The fourth-order valence-corrected chi connectivity index (χ4v) is 1.59. The lowest BCUT2D eigenvalue weighted by Gasteiger charge is -2.11. The molecule has 1 aromatic carbocycles. The second kappa shape index (κ2) is 6.28. The van der Waals surface area contributed by atoms with Gasteiger partial charge in [0.25, 0.3) is 5.91 Å². The summed E-state index contributed by atoms with van der Waals surface area (Å²) >= 11 is 0. The predicted molar refractivity (Wildman–Crippen MR) is 66.4 cm³/mol. The summed E-state index contributed by atoms with van der Waals surface area (Å²) < 4.78 is 0. The maximum absolute atomic E-state index is 11.7. The smallest absolute Gasteiger partial charge is 0.251 e. The van der Waals surface area contributed by atoms with Gasteiger partial charge in [0, 0.05) is 18.2 Å². The Morgan fingerprint density at radius 3 is 2.88 bits per heavy atom. The van der Waals surface area contributed by atoms with Crippen LogP contribution in [0.15, 0.2) is 24.3 Å². The molecular weight excluding hydrogens is 200 g/mol. The molecule has 0 saturated carbocycles. The van der Waals surface area contributed by atoms with Gasteiger partial charge in [-0.25, -0.2) is 0 Å². The third-order valence-electron chi connectivity index (χ3n) is 2.46. The summed E-state index contributed by atoms with van der Waals surface area (Å²) in [5.74, 6) is -0.0461. The van der Waals surface area contributed by atoms with Gasteiger partial charge in [0.15, 0.2) is 0 Å². The van der Waals surface area contributed by atoms with Gasteiger partial charge in [0.05, 0.1) is 0 Å². The minimum atomic E-state index is -0.0461. The van der Waals surface area contributed by atoms with Gasteiger partial charge in [-0.05, 0) is 25.5 Å². The molecule has 16 heavy (non-hydrogen) atoms. The van der Waals surface area contributed by atoms with Crippen molar-refractivity contribution >= 4 is 5.91 Å². The third kappa shape index (κ3) is 4.03. The Labute approximate surface area is 97.0 Å². The number of amides is 1. The van der Waals surface area contributed by atoms with Gasteiger partial charge in [-0.2, -0.15) is 0 Å². The van der Waals surface area contributed by atoms with E-state index in [1.54, 1.807) is 0 Å². The Morgan fingerprint density at radius 1 is 1.50 bits per heavy atom. The number of nitrogens with two attached hydrogens (primary N) is 1. The summed E-state index contributed by atoms with van der Waals surface area (Å²) in [5, 5.41) is 2.85. The first-order chi connectivity index (χ1) is 7.63. The van der Waals surface area contributed by atoms with Crippen molar-refractivity contribution in [3.05, 3.63) is 35.4 Å². The Balaban J connectivity index is 2.47. The van der Waals surface area contributed by atoms with E-state index in [1.165, 1.54) is 0 Å². The number of nitrogens with one attached hydrogen (secondary N) is 1. The van der Waals surface area contributed by atoms with E-state index in [0.29, 0.717) is 12.1 Å². The highest BCUT2D eigenvalue weighted by Crippen LogP contribution is 2.03. The highest BCUT2D eigenvalue weighted by Gasteiger charge is 2.07. The number of hydrogen-bond acceptors (Lipinski definition) is 2. The summed E-state index contributed by atoms with van der Waals surface area (Å²) in [5.41, 5.74) is 7.61. The lowest BCUT2D eigenvalue weighted by molar-refractivity contribution is 0.0950. The molecule has 88 valence electrons. The van der Waals surface area contributed by atoms with Crippen molar-refractivity contribution in [1.82, 2.24) is 5.32 Å². The summed E-state index contributed by atoms with van der Waals surface area (Å²) in [4.78, 5) is 11.7. The van der Waals surface area contributed by atoms with Gasteiger partial charge in [-0.15, -0.1) is 0 Å². The predicted octanol–water partition coefficient (Wildman–Crippen LogP) is 1.85. The van der Waals surface area contributed by atoms with Crippen molar-refractivity contribution < 1.29 is 4.79 Å². The third-order valence-corrected chi connectivity index (χ3v) is 2.46. The van der Waals surface area contributed by atoms with E-state index in [-0.39, 0.29) is 11.9 Å². The van der Waals surface area contributed by atoms with Gasteiger partial charge in [0.1, 0.15) is 0 Å². The molecule has 0 spiro atoms. The zero-order valence-electron chi connectivity index (χ0n) is 9.99. The van der Waals surface area contributed by atoms with Crippen LogP contribution < -0.4 is 11.1 Å². The van der Waals surface area contributed by atoms with E-state index in [0.717, 1.165) is 18.4 Å². The molecule has 0 heterocycles. The Morgan fingerprint density at radius 2 is 2.25 bits per heavy atom. The van der Waals surface area contributed by atoms with Gasteiger partial charge < -0.3 is 11.1 Å². The summed E-state index contributed by atoms with van der Waals surface area (Å²) in [6, 6.07) is 7.60. The normalized spacial score (nSPS) is 12.2. The lowest BCUT2D eigenvalue weighted by Crippen LogP contribution is -2.37. The van der Waals surface area contributed by atoms with Gasteiger partial charge in [-0.1, -0.05) is 31.0 Å². The molecular formula is C13H20N2O. The molecule has 0 aromatic heterocycles. The highest BCUT2D eigenvalue weighted by atomic mass is 16.1. The van der Waals surface area contributed by atoms with Crippen molar-refractivity contribution in [3.8, 4) is 0 Å². The monoisotopic (exact) mass is 220 g/mol. The van der Waals surface area contributed by atoms with Crippen LogP contribution in [0.3, 0.4) is 0 Å². The molecule has 1 amide bonds. The second-order valence-corrected chi connectivity index (χ2v) is 4.13. The van der Waals surface area contributed by atoms with E-state index < -0.39 is 0 Å². The van der Waals surface area contributed by atoms with Crippen LogP contribution in [0.5, 0.6) is 0 Å². The molecule has 0 aliphatic carbocycles. The second-order valence-electron chi connectivity index (χ2n) is 4.13. The van der Waals surface area contributed by atoms with Crippen molar-refractivity contribution in [2.75, 3.05) is 6.54 Å². The fraction of sp³-hybridized carbons (Fsp3) is 0.462. The maximum Gasteiger partial charge on any atom is 0.251 e. The highest BCUT2D eigenvalue weighted by molar-refractivity contribution is 5.94. The molecule has 0 radical (unpaired) electrons. The zero-order valence-corrected chi connectivity index (χ0v) is 9.99. The van der Waals surface area contributed by atoms with Crippen molar-refractivity contribution in [1.29, 1.82) is 0 Å². The first kappa shape index (κ1) is 12.7. The summed E-state index contributed by atoms with van der Waals surface area (Å²) in [7, 11) is 0. The Hall–Kier alpha value is -1.35. The lowest BCUT2D eigenvalue weighted by atomic mass is 10.1. The number of rotatable bonds is 5. The number of carbonyl (C=O) groups excluding carboxylic acids is 1. The van der Waals surface area contributed by atoms with Crippen LogP contribution >= 0.6 is 0 Å². The topological polar surface area (TPSA) is 55.1 Å². The van der Waals surface area contributed by atoms with Crippen molar-refractivity contribution in [2.45, 2.75) is 32.7 Å². The average Bonchev–Trinajstić information content (AvgIpc) is 2.26. The van der Waals surface area contributed by atoms with Crippen LogP contribution in [0.2, 0.25) is 0 Å². The first-order valence-corrected chi connectivity index (χ1v) is 5.74. The molecule has 1 aromatic rings. The van der Waals surface area contributed by atoms with Crippen molar-refractivity contribution in [2.24, 2.45) is 5.73 Å². The van der Waals surface area contributed by atoms with Crippen LogP contribution in [-0.2, 0) is 0 Å². The van der Waals surface area contributed by atoms with E-state index in [9.17, 15) is 4.79 Å². The molecule has 3 nitrogen and oxygen atoms in total. The number of benzene rings is 1. The Kier molecular flexibility index (Phi) is 4.99. The SMILES string of the molecule is CCCC(N)CNC(=O)c1cccc(C)c1. The van der Waals surface area contributed by atoms with Crippen LogP contribution in [0.4, 0.5) is 0 Å². The molecule has 0 aliphatic rings. The molecule has 0 fully saturated rings. The Bertz CT molecular complexity index is 350. The summed E-state index contributed by atoms with van der Waals surface area (Å²) in [6.07, 6.45) is 1.98. The molecule has 0 saturated heterocycles. The molecule has 3 N–H and O–H groups in total. The molecule has 0 aliphatic heterocycles. The van der Waals surface area contributed by atoms with Crippen molar-refractivity contribution in [3.63, 3.8) is 0 Å². The minimum absolute atomic E-state index is 0.0461. The van der Waals surface area contributed by atoms with Gasteiger partial charge in [0.2, 0.25) is 0 Å².